The molecule has 2 fully saturated rings. The number of fused-ring (bicyclic) bond motifs is 1. The second-order valence-electron chi connectivity index (χ2n) is 5.59. The highest BCUT2D eigenvalue weighted by molar-refractivity contribution is 6.31. The molecule has 2 saturated heterocycles. The van der Waals surface area contributed by atoms with Crippen LogP contribution in [0.1, 0.15) is 23.2 Å². The molecule has 3 rings (SSSR count). The Bertz CT molecular complexity index is 579. The smallest absolute Gasteiger partial charge is 0.282 e. The summed E-state index contributed by atoms with van der Waals surface area (Å²) in [6.07, 6.45) is 2.21. The van der Waals surface area contributed by atoms with Crippen molar-refractivity contribution < 1.29 is 9.72 Å². The Labute approximate surface area is 127 Å². The average molecular weight is 310 g/mol. The zero-order valence-corrected chi connectivity index (χ0v) is 12.2. The number of piperidine rings is 1. The summed E-state index contributed by atoms with van der Waals surface area (Å²) in [5, 5.41) is 14.8. The van der Waals surface area contributed by atoms with Gasteiger partial charge in [-0.1, -0.05) is 11.6 Å². The fourth-order valence-electron chi connectivity index (χ4n) is 3.22. The number of hydrogen-bond donors (Lipinski definition) is 1. The summed E-state index contributed by atoms with van der Waals surface area (Å²) in [7, 11) is 0. The topological polar surface area (TPSA) is 75.5 Å². The molecule has 2 aliphatic heterocycles. The van der Waals surface area contributed by atoms with Crippen LogP contribution in [0.5, 0.6) is 0 Å². The van der Waals surface area contributed by atoms with Crippen LogP contribution in [0.2, 0.25) is 5.02 Å². The van der Waals surface area contributed by atoms with E-state index in [1.165, 1.54) is 18.2 Å². The summed E-state index contributed by atoms with van der Waals surface area (Å²) >= 11 is 5.89. The van der Waals surface area contributed by atoms with Gasteiger partial charge in [0.15, 0.2) is 0 Å². The number of carbonyl (C=O) groups is 1. The minimum absolute atomic E-state index is 0.0751. The molecule has 1 N–H and O–H groups in total. The molecule has 1 amide bonds. The van der Waals surface area contributed by atoms with Gasteiger partial charge in [-0.3, -0.25) is 14.9 Å². The molecule has 1 aromatic rings. The van der Waals surface area contributed by atoms with Crippen molar-refractivity contribution in [2.45, 2.75) is 18.9 Å². The van der Waals surface area contributed by atoms with Crippen LogP contribution in [0.15, 0.2) is 18.2 Å². The lowest BCUT2D eigenvalue weighted by Gasteiger charge is -2.24. The van der Waals surface area contributed by atoms with E-state index in [0.717, 1.165) is 19.4 Å². The van der Waals surface area contributed by atoms with Gasteiger partial charge in [-0.05, 0) is 37.4 Å². The molecule has 0 bridgehead atoms. The highest BCUT2D eigenvalue weighted by Gasteiger charge is 2.38. The number of hydrogen-bond acceptors (Lipinski definition) is 4. The van der Waals surface area contributed by atoms with Gasteiger partial charge in [-0.25, -0.2) is 0 Å². The summed E-state index contributed by atoms with van der Waals surface area (Å²) in [4.78, 5) is 24.8. The molecule has 7 heteroatoms. The van der Waals surface area contributed by atoms with Gasteiger partial charge in [0.2, 0.25) is 0 Å². The first kappa shape index (κ1) is 14.3. The Hall–Kier alpha value is -1.66. The molecular weight excluding hydrogens is 294 g/mol. The van der Waals surface area contributed by atoms with Crippen LogP contribution < -0.4 is 5.32 Å². The lowest BCUT2D eigenvalue weighted by atomic mass is 9.94. The van der Waals surface area contributed by atoms with E-state index in [9.17, 15) is 14.9 Å². The fraction of sp³-hybridized carbons (Fsp3) is 0.500. The summed E-state index contributed by atoms with van der Waals surface area (Å²) in [5.41, 5.74) is -0.113. The molecule has 0 aromatic heterocycles. The molecule has 2 heterocycles. The molecule has 2 atom stereocenters. The van der Waals surface area contributed by atoms with Gasteiger partial charge in [0.25, 0.3) is 11.6 Å². The van der Waals surface area contributed by atoms with E-state index in [2.05, 4.69) is 5.32 Å². The normalized spacial score (nSPS) is 24.7. The molecule has 0 radical (unpaired) electrons. The van der Waals surface area contributed by atoms with Crippen LogP contribution >= 0.6 is 11.6 Å². The average Bonchev–Trinajstić information content (AvgIpc) is 2.89. The number of benzene rings is 1. The highest BCUT2D eigenvalue weighted by atomic mass is 35.5. The molecular formula is C14H16ClN3O3. The molecule has 0 saturated carbocycles. The predicted octanol–water partition coefficient (Wildman–Crippen LogP) is 2.07. The molecule has 6 nitrogen and oxygen atoms in total. The van der Waals surface area contributed by atoms with Gasteiger partial charge in [-0.2, -0.15) is 0 Å². The Morgan fingerprint density at radius 1 is 1.43 bits per heavy atom. The van der Waals surface area contributed by atoms with Crippen LogP contribution in [0, 0.1) is 16.0 Å². The quantitative estimate of drug-likeness (QED) is 0.670. The standard InChI is InChI=1S/C14H16ClN3O3/c15-10-3-4-13(18(20)21)11(6-10)14(19)17-7-9-2-1-5-16-12(9)8-17/h3-4,6,9,12,16H,1-2,5,7-8H2/t9-,12+/m0/s1. The van der Waals surface area contributed by atoms with Gasteiger partial charge in [0.1, 0.15) is 5.56 Å². The van der Waals surface area contributed by atoms with E-state index in [4.69, 9.17) is 11.6 Å². The van der Waals surface area contributed by atoms with Gasteiger partial charge in [-0.15, -0.1) is 0 Å². The lowest BCUT2D eigenvalue weighted by Crippen LogP contribution is -2.41. The maximum atomic E-state index is 12.6. The summed E-state index contributed by atoms with van der Waals surface area (Å²) in [6, 6.07) is 4.41. The zero-order valence-electron chi connectivity index (χ0n) is 11.4. The van der Waals surface area contributed by atoms with Crippen molar-refractivity contribution in [3.63, 3.8) is 0 Å². The maximum absolute atomic E-state index is 12.6. The van der Waals surface area contributed by atoms with Gasteiger partial charge >= 0.3 is 0 Å². The first-order chi connectivity index (χ1) is 10.1. The number of nitro groups is 1. The van der Waals surface area contributed by atoms with E-state index in [1.54, 1.807) is 4.90 Å². The number of halogens is 1. The lowest BCUT2D eigenvalue weighted by molar-refractivity contribution is -0.385. The Morgan fingerprint density at radius 2 is 2.24 bits per heavy atom. The van der Waals surface area contributed by atoms with Crippen molar-refractivity contribution in [2.24, 2.45) is 5.92 Å². The third-order valence-electron chi connectivity index (χ3n) is 4.27. The Morgan fingerprint density at radius 3 is 2.95 bits per heavy atom. The minimum Gasteiger partial charge on any atom is -0.337 e. The zero-order chi connectivity index (χ0) is 15.0. The number of amides is 1. The Kier molecular flexibility index (Phi) is 3.82. The summed E-state index contributed by atoms with van der Waals surface area (Å²) in [6.45, 7) is 2.23. The third-order valence-corrected chi connectivity index (χ3v) is 4.51. The largest absolute Gasteiger partial charge is 0.337 e. The fourth-order valence-corrected chi connectivity index (χ4v) is 3.39. The predicted molar refractivity (Wildman–Crippen MR) is 78.5 cm³/mol. The third kappa shape index (κ3) is 2.73. The van der Waals surface area contributed by atoms with Crippen molar-refractivity contribution in [2.75, 3.05) is 19.6 Å². The first-order valence-electron chi connectivity index (χ1n) is 7.03. The van der Waals surface area contributed by atoms with Gasteiger partial charge in [0.05, 0.1) is 4.92 Å². The number of nitrogens with one attached hydrogen (secondary N) is 1. The van der Waals surface area contributed by atoms with Crippen LogP contribution in [0.3, 0.4) is 0 Å². The molecule has 2 aliphatic rings. The SMILES string of the molecule is O=C(c1cc(Cl)ccc1[N+](=O)[O-])N1C[C@@H]2CCCN[C@@H]2C1. The molecule has 0 unspecified atom stereocenters. The molecule has 0 spiro atoms. The number of nitro benzene ring substituents is 1. The second-order valence-corrected chi connectivity index (χ2v) is 6.03. The van der Waals surface area contributed by atoms with Crippen molar-refractivity contribution in [3.8, 4) is 0 Å². The number of likely N-dealkylation sites (tertiary alicyclic amines) is 1. The van der Waals surface area contributed by atoms with E-state index >= 15 is 0 Å². The monoisotopic (exact) mass is 309 g/mol. The first-order valence-corrected chi connectivity index (χ1v) is 7.40. The molecule has 0 aliphatic carbocycles. The molecule has 112 valence electrons. The van der Waals surface area contributed by atoms with Crippen molar-refractivity contribution >= 4 is 23.2 Å². The number of nitrogens with zero attached hydrogens (tertiary/aromatic N) is 2. The van der Waals surface area contributed by atoms with E-state index in [1.807, 2.05) is 0 Å². The van der Waals surface area contributed by atoms with Crippen LogP contribution in [0.25, 0.3) is 0 Å². The van der Waals surface area contributed by atoms with Gasteiger partial charge in [0, 0.05) is 30.2 Å². The highest BCUT2D eigenvalue weighted by Crippen LogP contribution is 2.29. The van der Waals surface area contributed by atoms with Crippen LogP contribution in [-0.4, -0.2) is 41.4 Å². The number of rotatable bonds is 2. The maximum Gasteiger partial charge on any atom is 0.282 e. The minimum atomic E-state index is -0.537. The number of carbonyl (C=O) groups excluding carboxylic acids is 1. The van der Waals surface area contributed by atoms with Crippen LogP contribution in [-0.2, 0) is 0 Å². The van der Waals surface area contributed by atoms with Crippen LogP contribution in [0.4, 0.5) is 5.69 Å². The van der Waals surface area contributed by atoms with Crippen molar-refractivity contribution in [3.05, 3.63) is 38.9 Å². The second kappa shape index (κ2) is 5.61. The van der Waals surface area contributed by atoms with Crippen molar-refractivity contribution in [1.82, 2.24) is 10.2 Å². The van der Waals surface area contributed by atoms with Crippen molar-refractivity contribution in [1.29, 1.82) is 0 Å². The molecule has 21 heavy (non-hydrogen) atoms. The summed E-state index contributed by atoms with van der Waals surface area (Å²) < 4.78 is 0. The van der Waals surface area contributed by atoms with Gasteiger partial charge < -0.3 is 10.2 Å². The Balaban J connectivity index is 1.85. The van der Waals surface area contributed by atoms with E-state index in [-0.39, 0.29) is 17.2 Å². The van der Waals surface area contributed by atoms with E-state index < -0.39 is 4.92 Å². The molecule has 1 aromatic carbocycles. The summed E-state index contributed by atoms with van der Waals surface area (Å²) in [5.74, 6) is 0.140. The van der Waals surface area contributed by atoms with E-state index in [0.29, 0.717) is 30.1 Å².